The van der Waals surface area contributed by atoms with Crippen LogP contribution in [0.25, 0.3) is 11.0 Å². The number of rotatable bonds is 6. The third kappa shape index (κ3) is 3.00. The van der Waals surface area contributed by atoms with Crippen molar-refractivity contribution in [2.45, 2.75) is 18.8 Å². The molecule has 2 aromatic rings. The number of aliphatic hydroxyl groups is 2. The van der Waals surface area contributed by atoms with E-state index in [2.05, 4.69) is 10.5 Å². The molecule has 1 fully saturated rings. The molecule has 0 bridgehead atoms. The van der Waals surface area contributed by atoms with Crippen LogP contribution in [0.15, 0.2) is 10.6 Å². The van der Waals surface area contributed by atoms with Crippen LogP contribution >= 0.6 is 0 Å². The maximum Gasteiger partial charge on any atom is 0.207 e. The van der Waals surface area contributed by atoms with Crippen molar-refractivity contribution >= 4 is 16.8 Å². The Morgan fingerprint density at radius 3 is 2.65 bits per heavy atom. The molecule has 0 unspecified atom stereocenters. The number of benzene rings is 1. The third-order valence-corrected chi connectivity index (χ3v) is 3.59. The van der Waals surface area contributed by atoms with Crippen LogP contribution in [-0.2, 0) is 9.47 Å². The number of halogens is 2. The molecule has 1 aliphatic heterocycles. The molecule has 2 heterocycles. The number of hydrogen-bond donors (Lipinski definition) is 3. The lowest BCUT2D eigenvalue weighted by Crippen LogP contribution is -2.25. The second-order valence-corrected chi connectivity index (χ2v) is 5.11. The van der Waals surface area contributed by atoms with E-state index in [1.165, 1.54) is 6.07 Å². The molecule has 3 rings (SSSR count). The summed E-state index contributed by atoms with van der Waals surface area (Å²) in [6, 6.07) is 0.847. The van der Waals surface area contributed by atoms with Crippen molar-refractivity contribution in [3.8, 4) is 0 Å². The van der Waals surface area contributed by atoms with Crippen LogP contribution in [0.3, 0.4) is 0 Å². The molecule has 0 saturated carbocycles. The monoisotopic (exact) mass is 330 g/mol. The van der Waals surface area contributed by atoms with Gasteiger partial charge in [-0.05, 0) is 12.5 Å². The Labute approximate surface area is 129 Å². The Morgan fingerprint density at radius 1 is 1.26 bits per heavy atom. The highest BCUT2D eigenvalue weighted by Crippen LogP contribution is 2.34. The van der Waals surface area contributed by atoms with Crippen molar-refractivity contribution in [2.75, 3.05) is 31.7 Å². The number of aliphatic hydroxyl groups excluding tert-OH is 2. The molecule has 9 heteroatoms. The number of hydrogen-bond acceptors (Lipinski definition) is 7. The van der Waals surface area contributed by atoms with Gasteiger partial charge in [-0.25, -0.2) is 4.39 Å². The molecule has 0 amide bonds. The molecule has 3 N–H and O–H groups in total. The van der Waals surface area contributed by atoms with Crippen molar-refractivity contribution in [3.05, 3.63) is 23.3 Å². The minimum atomic E-state index is -1.18. The number of aromatic nitrogens is 1. The number of fused-ring (bicyclic) bond motifs is 1. The van der Waals surface area contributed by atoms with E-state index in [0.29, 0.717) is 13.2 Å². The number of ether oxygens (including phenoxy) is 2. The highest BCUT2D eigenvalue weighted by molar-refractivity contribution is 5.89. The maximum atomic E-state index is 14.2. The average Bonchev–Trinajstić information content (AvgIpc) is 3.20. The summed E-state index contributed by atoms with van der Waals surface area (Å²) in [5, 5.41) is 24.9. The van der Waals surface area contributed by atoms with Gasteiger partial charge in [-0.15, -0.1) is 0 Å². The summed E-state index contributed by atoms with van der Waals surface area (Å²) < 4.78 is 43.5. The second kappa shape index (κ2) is 6.75. The van der Waals surface area contributed by atoms with Crippen molar-refractivity contribution in [1.29, 1.82) is 0 Å². The molecule has 0 spiro atoms. The van der Waals surface area contributed by atoms with E-state index in [-0.39, 0.29) is 42.0 Å². The largest absolute Gasteiger partial charge is 0.396 e. The smallest absolute Gasteiger partial charge is 0.207 e. The molecule has 126 valence electrons. The van der Waals surface area contributed by atoms with E-state index in [1.807, 2.05) is 0 Å². The summed E-state index contributed by atoms with van der Waals surface area (Å²) in [4.78, 5) is 0. The van der Waals surface area contributed by atoms with Gasteiger partial charge in [0.2, 0.25) is 11.4 Å². The normalized spacial score (nSPS) is 17.0. The predicted octanol–water partition coefficient (Wildman–Crippen LogP) is 1.31. The SMILES string of the molecule is OCC[C@@H](CO)Nc1noc2c(F)c(F)c(C3OCCO3)cc12. The highest BCUT2D eigenvalue weighted by Gasteiger charge is 2.28. The molecule has 1 aromatic heterocycles. The number of nitrogens with one attached hydrogen (secondary N) is 1. The molecule has 23 heavy (non-hydrogen) atoms. The maximum absolute atomic E-state index is 14.2. The van der Waals surface area contributed by atoms with Crippen LogP contribution in [0.1, 0.15) is 18.3 Å². The molecular weight excluding hydrogens is 314 g/mol. The topological polar surface area (TPSA) is 97.0 Å². The van der Waals surface area contributed by atoms with Crippen molar-refractivity contribution in [2.24, 2.45) is 0 Å². The van der Waals surface area contributed by atoms with E-state index >= 15 is 0 Å². The van der Waals surface area contributed by atoms with Gasteiger partial charge in [0.1, 0.15) is 0 Å². The van der Waals surface area contributed by atoms with Gasteiger partial charge in [0.15, 0.2) is 17.9 Å². The van der Waals surface area contributed by atoms with Crippen LogP contribution in [0.4, 0.5) is 14.6 Å². The van der Waals surface area contributed by atoms with Gasteiger partial charge >= 0.3 is 0 Å². The van der Waals surface area contributed by atoms with Crippen molar-refractivity contribution in [1.82, 2.24) is 5.16 Å². The third-order valence-electron chi connectivity index (χ3n) is 3.59. The average molecular weight is 330 g/mol. The Morgan fingerprint density at radius 2 is 2.00 bits per heavy atom. The van der Waals surface area contributed by atoms with Gasteiger partial charge in [0.05, 0.1) is 31.2 Å². The summed E-state index contributed by atoms with van der Waals surface area (Å²) in [5.74, 6) is -2.15. The lowest BCUT2D eigenvalue weighted by Gasteiger charge is -2.14. The summed E-state index contributed by atoms with van der Waals surface area (Å²) in [7, 11) is 0. The van der Waals surface area contributed by atoms with Crippen LogP contribution in [0, 0.1) is 11.6 Å². The van der Waals surface area contributed by atoms with Gasteiger partial charge in [-0.1, -0.05) is 5.16 Å². The Hall–Kier alpha value is -1.81. The molecule has 1 atom stereocenters. The van der Waals surface area contributed by atoms with Crippen LogP contribution in [0.2, 0.25) is 0 Å². The standard InChI is InChI=1S/C14H16F2N2O5/c15-10-8(14-21-3-4-22-14)5-9-12(11(10)16)23-18-13(9)17-7(6-20)1-2-19/h5,7,14,19-20H,1-4,6H2,(H,17,18)/t7-/m0/s1. The van der Waals surface area contributed by atoms with Gasteiger partial charge < -0.3 is 29.5 Å². The first-order chi connectivity index (χ1) is 11.2. The summed E-state index contributed by atoms with van der Waals surface area (Å²) in [6.45, 7) is 0.176. The lowest BCUT2D eigenvalue weighted by atomic mass is 10.1. The first kappa shape index (κ1) is 16.1. The summed E-state index contributed by atoms with van der Waals surface area (Å²) in [5.41, 5.74) is -0.422. The molecule has 0 radical (unpaired) electrons. The second-order valence-electron chi connectivity index (χ2n) is 5.11. The van der Waals surface area contributed by atoms with Crippen LogP contribution in [-0.4, -0.2) is 47.8 Å². The molecule has 1 aromatic carbocycles. The zero-order valence-electron chi connectivity index (χ0n) is 12.1. The van der Waals surface area contributed by atoms with Gasteiger partial charge in [0, 0.05) is 12.2 Å². The molecule has 1 saturated heterocycles. The minimum absolute atomic E-state index is 0.0820. The minimum Gasteiger partial charge on any atom is -0.396 e. The quantitative estimate of drug-likeness (QED) is 0.734. The van der Waals surface area contributed by atoms with E-state index in [1.54, 1.807) is 0 Å². The molecular formula is C14H16F2N2O5. The Balaban J connectivity index is 2.00. The van der Waals surface area contributed by atoms with E-state index in [4.69, 9.17) is 19.1 Å². The fourth-order valence-corrected chi connectivity index (χ4v) is 2.41. The predicted molar refractivity (Wildman–Crippen MR) is 74.8 cm³/mol. The molecule has 7 nitrogen and oxygen atoms in total. The zero-order chi connectivity index (χ0) is 16.4. The van der Waals surface area contributed by atoms with Crippen molar-refractivity contribution in [3.63, 3.8) is 0 Å². The summed E-state index contributed by atoms with van der Waals surface area (Å²) >= 11 is 0. The van der Waals surface area contributed by atoms with Crippen LogP contribution in [0.5, 0.6) is 0 Å². The first-order valence-electron chi connectivity index (χ1n) is 7.14. The number of nitrogens with zero attached hydrogens (tertiary/aromatic N) is 1. The fraction of sp³-hybridized carbons (Fsp3) is 0.500. The van der Waals surface area contributed by atoms with Gasteiger partial charge in [-0.3, -0.25) is 0 Å². The fourth-order valence-electron chi connectivity index (χ4n) is 2.41. The zero-order valence-corrected chi connectivity index (χ0v) is 12.1. The van der Waals surface area contributed by atoms with Gasteiger partial charge in [0.25, 0.3) is 0 Å². The Bertz CT molecular complexity index is 687. The number of anilines is 1. The van der Waals surface area contributed by atoms with E-state index in [9.17, 15) is 13.9 Å². The summed E-state index contributed by atoms with van der Waals surface area (Å²) in [6.07, 6.45) is -0.723. The Kier molecular flexibility index (Phi) is 4.71. The van der Waals surface area contributed by atoms with Crippen LogP contribution < -0.4 is 5.32 Å². The van der Waals surface area contributed by atoms with Crippen molar-refractivity contribution < 1.29 is 33.0 Å². The first-order valence-corrected chi connectivity index (χ1v) is 7.14. The molecule has 0 aliphatic carbocycles. The van der Waals surface area contributed by atoms with E-state index in [0.717, 1.165) is 0 Å². The lowest BCUT2D eigenvalue weighted by molar-refractivity contribution is -0.0467. The van der Waals surface area contributed by atoms with E-state index < -0.39 is 24.0 Å². The van der Waals surface area contributed by atoms with Gasteiger partial charge in [-0.2, -0.15) is 4.39 Å². The highest BCUT2D eigenvalue weighted by atomic mass is 19.2. The molecule has 1 aliphatic rings.